The van der Waals surface area contributed by atoms with Crippen molar-refractivity contribution in [3.63, 3.8) is 0 Å². The van der Waals surface area contributed by atoms with Gasteiger partial charge in [-0.1, -0.05) is 39.7 Å². The quantitative estimate of drug-likeness (QED) is 0.317. The Hall–Kier alpha value is -2.02. The molecule has 7 heteroatoms. The number of fused-ring (bicyclic) bond motifs is 3. The Morgan fingerprint density at radius 2 is 1.78 bits per heavy atom. The molecule has 3 aromatic carbocycles. The van der Waals surface area contributed by atoms with Crippen LogP contribution in [0, 0.1) is 0 Å². The molecular weight excluding hydrogens is 556 g/mol. The van der Waals surface area contributed by atoms with Gasteiger partial charge in [-0.25, -0.2) is 5.01 Å². The topological polar surface area (TPSA) is 34.1 Å². The third kappa shape index (κ3) is 4.16. The summed E-state index contributed by atoms with van der Waals surface area (Å²) in [5, 5.41) is 7.81. The van der Waals surface area contributed by atoms with Gasteiger partial charge < -0.3 is 9.47 Å². The predicted molar refractivity (Wildman–Crippen MR) is 135 cm³/mol. The van der Waals surface area contributed by atoms with E-state index in [-0.39, 0.29) is 18.4 Å². The fourth-order valence-electron chi connectivity index (χ4n) is 4.13. The number of benzene rings is 3. The maximum Gasteiger partial charge on any atom is 0.213 e. The van der Waals surface area contributed by atoms with Gasteiger partial charge in [0.2, 0.25) is 6.23 Å². The van der Waals surface area contributed by atoms with Crippen LogP contribution in [0.1, 0.15) is 49.2 Å². The largest absolute Gasteiger partial charge is 0.491 e. The average molecular weight is 577 g/mol. The van der Waals surface area contributed by atoms with E-state index in [1.54, 1.807) is 0 Å². The van der Waals surface area contributed by atoms with Crippen molar-refractivity contribution in [3.8, 4) is 11.5 Å². The van der Waals surface area contributed by atoms with Crippen molar-refractivity contribution in [2.75, 3.05) is 0 Å². The van der Waals surface area contributed by atoms with Gasteiger partial charge in [0.15, 0.2) is 0 Å². The van der Waals surface area contributed by atoms with Gasteiger partial charge in [0, 0.05) is 27.0 Å². The van der Waals surface area contributed by atoms with Crippen LogP contribution >= 0.6 is 43.5 Å². The normalized spacial score (nSPS) is 19.3. The van der Waals surface area contributed by atoms with Crippen LogP contribution in [0.5, 0.6) is 11.5 Å². The lowest BCUT2D eigenvalue weighted by Crippen LogP contribution is -2.33. The Balaban J connectivity index is 1.56. The van der Waals surface area contributed by atoms with Crippen molar-refractivity contribution in [2.24, 2.45) is 5.10 Å². The van der Waals surface area contributed by atoms with E-state index in [0.717, 1.165) is 49.3 Å². The van der Waals surface area contributed by atoms with Crippen LogP contribution in [-0.4, -0.2) is 16.8 Å². The number of hydrogen-bond acceptors (Lipinski definition) is 4. The number of hydrogen-bond donors (Lipinski definition) is 0. The van der Waals surface area contributed by atoms with Crippen molar-refractivity contribution in [3.05, 3.63) is 91.3 Å². The van der Waals surface area contributed by atoms with Gasteiger partial charge in [-0.05, 0) is 83.9 Å². The minimum absolute atomic E-state index is 0.0646. The Bertz CT molecular complexity index is 1180. The molecule has 4 nitrogen and oxygen atoms in total. The average Bonchev–Trinajstić information content (AvgIpc) is 3.20. The SMILES string of the molecule is CC(C)Oc1ccc([C@H]2Oc3c(Br)cc(Br)cc3[C@H]3CC(c4ccc(Cl)cc4)=NN32)cc1. The molecule has 0 aromatic heterocycles. The summed E-state index contributed by atoms with van der Waals surface area (Å²) in [7, 11) is 0. The van der Waals surface area contributed by atoms with Crippen molar-refractivity contribution in [2.45, 2.75) is 38.6 Å². The molecule has 2 aliphatic rings. The molecule has 2 aliphatic heterocycles. The zero-order valence-electron chi connectivity index (χ0n) is 17.6. The van der Waals surface area contributed by atoms with E-state index < -0.39 is 0 Å². The summed E-state index contributed by atoms with van der Waals surface area (Å²) >= 11 is 13.4. The van der Waals surface area contributed by atoms with E-state index >= 15 is 0 Å². The Morgan fingerprint density at radius 1 is 1.06 bits per heavy atom. The van der Waals surface area contributed by atoms with Crippen molar-refractivity contribution < 1.29 is 9.47 Å². The van der Waals surface area contributed by atoms with Gasteiger partial charge in [0.1, 0.15) is 11.5 Å². The van der Waals surface area contributed by atoms with E-state index in [1.165, 1.54) is 0 Å². The van der Waals surface area contributed by atoms with E-state index in [2.05, 4.69) is 42.9 Å². The second-order valence-corrected chi connectivity index (χ2v) is 10.4. The molecule has 0 unspecified atom stereocenters. The highest BCUT2D eigenvalue weighted by Gasteiger charge is 2.42. The molecule has 0 saturated heterocycles. The van der Waals surface area contributed by atoms with Crippen LogP contribution < -0.4 is 9.47 Å². The van der Waals surface area contributed by atoms with E-state index in [9.17, 15) is 0 Å². The second-order valence-electron chi connectivity index (χ2n) is 8.17. The molecule has 32 heavy (non-hydrogen) atoms. The summed E-state index contributed by atoms with van der Waals surface area (Å²) in [6.07, 6.45) is 0.566. The van der Waals surface area contributed by atoms with Crippen LogP contribution in [0.4, 0.5) is 0 Å². The Kier molecular flexibility index (Phi) is 5.95. The zero-order chi connectivity index (χ0) is 22.4. The van der Waals surface area contributed by atoms with Gasteiger partial charge >= 0.3 is 0 Å². The lowest BCUT2D eigenvalue weighted by Gasteiger charge is -2.38. The maximum absolute atomic E-state index is 6.53. The highest BCUT2D eigenvalue weighted by atomic mass is 79.9. The number of rotatable bonds is 4. The Labute approximate surface area is 209 Å². The molecule has 2 atom stereocenters. The fraction of sp³-hybridized carbons (Fsp3) is 0.240. The third-order valence-electron chi connectivity index (χ3n) is 5.52. The standard InChI is InChI=1S/C25H21Br2ClN2O2/c1-14(2)31-19-9-5-16(6-10-19)25-30-23(20-11-17(26)12-21(27)24(20)32-25)13-22(29-30)15-3-7-18(28)8-4-15/h3-12,14,23,25H,13H2,1-2H3/t23-,25-/m1/s1. The zero-order valence-corrected chi connectivity index (χ0v) is 21.5. The maximum atomic E-state index is 6.53. The second kappa shape index (κ2) is 8.73. The van der Waals surface area contributed by atoms with Crippen LogP contribution in [-0.2, 0) is 0 Å². The molecule has 0 radical (unpaired) electrons. The van der Waals surface area contributed by atoms with Crippen LogP contribution in [0.15, 0.2) is 74.7 Å². The van der Waals surface area contributed by atoms with Gasteiger partial charge in [0.25, 0.3) is 0 Å². The molecule has 5 rings (SSSR count). The first-order chi connectivity index (χ1) is 15.4. The van der Waals surface area contributed by atoms with E-state index in [0.29, 0.717) is 5.02 Å². The van der Waals surface area contributed by atoms with Crippen LogP contribution in [0.3, 0.4) is 0 Å². The van der Waals surface area contributed by atoms with Gasteiger partial charge in [0.05, 0.1) is 22.3 Å². The first kappa shape index (κ1) is 21.8. The molecule has 0 amide bonds. The predicted octanol–water partition coefficient (Wildman–Crippen LogP) is 7.89. The van der Waals surface area contributed by atoms with Gasteiger partial charge in [-0.15, -0.1) is 0 Å². The smallest absolute Gasteiger partial charge is 0.213 e. The number of ether oxygens (including phenoxy) is 2. The summed E-state index contributed by atoms with van der Waals surface area (Å²) in [6.45, 7) is 4.04. The lowest BCUT2D eigenvalue weighted by atomic mass is 9.96. The molecule has 2 heterocycles. The molecule has 0 N–H and O–H groups in total. The molecular formula is C25H21Br2ClN2O2. The molecule has 3 aromatic rings. The highest BCUT2D eigenvalue weighted by Crippen LogP contribution is 2.51. The van der Waals surface area contributed by atoms with Crippen molar-refractivity contribution >= 4 is 49.2 Å². The van der Waals surface area contributed by atoms with E-state index in [4.69, 9.17) is 26.2 Å². The van der Waals surface area contributed by atoms with E-state index in [1.807, 2.05) is 68.4 Å². The highest BCUT2D eigenvalue weighted by molar-refractivity contribution is 9.11. The molecule has 0 aliphatic carbocycles. The summed E-state index contributed by atoms with van der Waals surface area (Å²) in [5.74, 6) is 1.70. The summed E-state index contributed by atoms with van der Waals surface area (Å²) < 4.78 is 14.3. The molecule has 0 bridgehead atoms. The number of halogens is 3. The molecule has 164 valence electrons. The number of nitrogens with zero attached hydrogens (tertiary/aromatic N) is 2. The lowest BCUT2D eigenvalue weighted by molar-refractivity contribution is -0.0197. The number of hydrazone groups is 1. The first-order valence-corrected chi connectivity index (χ1v) is 12.4. The van der Waals surface area contributed by atoms with Crippen molar-refractivity contribution in [1.82, 2.24) is 5.01 Å². The van der Waals surface area contributed by atoms with Crippen LogP contribution in [0.25, 0.3) is 0 Å². The minimum Gasteiger partial charge on any atom is -0.491 e. The molecule has 0 fully saturated rings. The Morgan fingerprint density at radius 3 is 2.47 bits per heavy atom. The van der Waals surface area contributed by atoms with Crippen LogP contribution in [0.2, 0.25) is 5.02 Å². The van der Waals surface area contributed by atoms with Crippen molar-refractivity contribution in [1.29, 1.82) is 0 Å². The van der Waals surface area contributed by atoms with Gasteiger partial charge in [-0.2, -0.15) is 5.10 Å². The fourth-order valence-corrected chi connectivity index (χ4v) is 5.61. The minimum atomic E-state index is -0.345. The van der Waals surface area contributed by atoms with Gasteiger partial charge in [-0.3, -0.25) is 0 Å². The first-order valence-electron chi connectivity index (χ1n) is 10.4. The summed E-state index contributed by atoms with van der Waals surface area (Å²) in [6, 6.07) is 20.1. The third-order valence-corrected chi connectivity index (χ3v) is 6.82. The molecule has 0 saturated carbocycles. The monoisotopic (exact) mass is 574 g/mol. The summed E-state index contributed by atoms with van der Waals surface area (Å²) in [5.41, 5.74) is 4.21. The molecule has 0 spiro atoms. The summed E-state index contributed by atoms with van der Waals surface area (Å²) in [4.78, 5) is 0.